The van der Waals surface area contributed by atoms with Gasteiger partial charge < -0.3 is 10.1 Å². The first-order valence-corrected chi connectivity index (χ1v) is 8.85. The van der Waals surface area contributed by atoms with Gasteiger partial charge in [0.1, 0.15) is 5.75 Å². The summed E-state index contributed by atoms with van der Waals surface area (Å²) in [4.78, 5) is 11.5. The fraction of sp³-hybridized carbons (Fsp3) is 0.375. The standard InChI is InChI=1S/C16H15N5O2S/c1-8-14(10-4-5-12-11(6-10)17-13(22)7-23-12)20-21-15(9-2-3-9)18-19-16(21)24-8/h4-6,8-9H,2-3,7H2,1H3,(H,17,22)/t8-/m1/s1. The smallest absolute Gasteiger partial charge is 0.262 e. The minimum absolute atomic E-state index is 0.0639. The predicted octanol–water partition coefficient (Wildman–Crippen LogP) is 2.23. The Kier molecular flexibility index (Phi) is 2.97. The van der Waals surface area contributed by atoms with Crippen molar-refractivity contribution in [1.29, 1.82) is 0 Å². The highest BCUT2D eigenvalue weighted by Crippen LogP contribution is 2.42. The molecule has 0 radical (unpaired) electrons. The molecule has 1 atom stereocenters. The SMILES string of the molecule is C[C@H]1Sc2nnc(C3CC3)n2N=C1c1ccc2c(c1)NC(=O)CO2. The summed E-state index contributed by atoms with van der Waals surface area (Å²) in [6.07, 6.45) is 2.32. The molecule has 1 saturated carbocycles. The van der Waals surface area contributed by atoms with Crippen molar-refractivity contribution in [1.82, 2.24) is 14.9 Å². The number of rotatable bonds is 2. The van der Waals surface area contributed by atoms with E-state index in [-0.39, 0.29) is 17.8 Å². The fourth-order valence-electron chi connectivity index (χ4n) is 2.98. The van der Waals surface area contributed by atoms with Crippen LogP contribution in [0.15, 0.2) is 28.5 Å². The van der Waals surface area contributed by atoms with E-state index in [1.54, 1.807) is 11.8 Å². The van der Waals surface area contributed by atoms with E-state index in [0.29, 0.717) is 17.4 Å². The van der Waals surface area contributed by atoms with Gasteiger partial charge in [0.05, 0.1) is 16.6 Å². The summed E-state index contributed by atoms with van der Waals surface area (Å²) in [5.74, 6) is 2.00. The fourth-order valence-corrected chi connectivity index (χ4v) is 3.91. The van der Waals surface area contributed by atoms with Crippen molar-refractivity contribution in [2.45, 2.75) is 36.1 Å². The van der Waals surface area contributed by atoms with E-state index in [4.69, 9.17) is 9.84 Å². The van der Waals surface area contributed by atoms with Crippen LogP contribution in [0.2, 0.25) is 0 Å². The van der Waals surface area contributed by atoms with Crippen LogP contribution in [0.4, 0.5) is 5.69 Å². The first-order valence-electron chi connectivity index (χ1n) is 7.97. The van der Waals surface area contributed by atoms with E-state index in [2.05, 4.69) is 22.4 Å². The molecule has 3 aliphatic rings. The predicted molar refractivity (Wildman–Crippen MR) is 89.8 cm³/mol. The first kappa shape index (κ1) is 14.0. The molecule has 8 heteroatoms. The van der Waals surface area contributed by atoms with Crippen molar-refractivity contribution in [3.05, 3.63) is 29.6 Å². The van der Waals surface area contributed by atoms with Gasteiger partial charge >= 0.3 is 0 Å². The lowest BCUT2D eigenvalue weighted by Crippen LogP contribution is -2.26. The van der Waals surface area contributed by atoms with Crippen LogP contribution in [-0.2, 0) is 4.79 Å². The van der Waals surface area contributed by atoms with Gasteiger partial charge in [-0.15, -0.1) is 10.2 Å². The molecule has 2 aliphatic heterocycles. The largest absolute Gasteiger partial charge is 0.482 e. The van der Waals surface area contributed by atoms with Crippen LogP contribution in [0.5, 0.6) is 5.75 Å². The number of anilines is 1. The van der Waals surface area contributed by atoms with E-state index in [9.17, 15) is 4.79 Å². The molecular weight excluding hydrogens is 326 g/mol. The van der Waals surface area contributed by atoms with Gasteiger partial charge in [0.2, 0.25) is 5.16 Å². The Morgan fingerprint density at radius 2 is 2.21 bits per heavy atom. The number of thioether (sulfide) groups is 1. The Balaban J connectivity index is 1.58. The van der Waals surface area contributed by atoms with Crippen LogP contribution in [0, 0.1) is 0 Å². The Labute approximate surface area is 142 Å². The van der Waals surface area contributed by atoms with E-state index in [1.807, 2.05) is 22.9 Å². The molecule has 1 aliphatic carbocycles. The number of ether oxygens (including phenoxy) is 1. The van der Waals surface area contributed by atoms with Crippen LogP contribution >= 0.6 is 11.8 Å². The van der Waals surface area contributed by atoms with Crippen molar-refractivity contribution >= 4 is 29.1 Å². The number of carbonyl (C=O) groups is 1. The topological polar surface area (TPSA) is 81.4 Å². The third-order valence-corrected chi connectivity index (χ3v) is 5.40. The lowest BCUT2D eigenvalue weighted by Gasteiger charge is -2.22. The number of aromatic nitrogens is 3. The lowest BCUT2D eigenvalue weighted by molar-refractivity contribution is -0.118. The van der Waals surface area contributed by atoms with Crippen LogP contribution in [-0.4, -0.2) is 38.3 Å². The van der Waals surface area contributed by atoms with E-state index in [1.165, 1.54) is 0 Å². The summed E-state index contributed by atoms with van der Waals surface area (Å²) in [7, 11) is 0. The molecule has 1 aromatic carbocycles. The molecule has 0 saturated heterocycles. The Bertz CT molecular complexity index is 887. The zero-order chi connectivity index (χ0) is 16.3. The second-order valence-electron chi connectivity index (χ2n) is 6.22. The Hall–Kier alpha value is -2.35. The molecule has 0 spiro atoms. The zero-order valence-corrected chi connectivity index (χ0v) is 13.8. The number of fused-ring (bicyclic) bond motifs is 2. The highest BCUT2D eigenvalue weighted by Gasteiger charge is 2.34. The van der Waals surface area contributed by atoms with E-state index in [0.717, 1.165) is 35.1 Å². The normalized spacial score (nSPS) is 22.1. The number of hydrogen-bond acceptors (Lipinski definition) is 6. The number of benzene rings is 1. The molecular formula is C16H15N5O2S. The van der Waals surface area contributed by atoms with Crippen molar-refractivity contribution in [3.8, 4) is 5.75 Å². The highest BCUT2D eigenvalue weighted by atomic mass is 32.2. The Morgan fingerprint density at radius 3 is 3.04 bits per heavy atom. The molecule has 24 heavy (non-hydrogen) atoms. The van der Waals surface area contributed by atoms with Crippen LogP contribution in [0.25, 0.3) is 0 Å². The average molecular weight is 341 g/mol. The maximum Gasteiger partial charge on any atom is 0.262 e. The monoisotopic (exact) mass is 341 g/mol. The van der Waals surface area contributed by atoms with Crippen molar-refractivity contribution in [2.75, 3.05) is 11.9 Å². The van der Waals surface area contributed by atoms with Gasteiger partial charge in [-0.05, 0) is 38.0 Å². The third kappa shape index (κ3) is 2.21. The molecule has 2 aromatic rings. The minimum atomic E-state index is -0.134. The van der Waals surface area contributed by atoms with Gasteiger partial charge in [0, 0.05) is 11.5 Å². The number of amides is 1. The summed E-state index contributed by atoms with van der Waals surface area (Å²) >= 11 is 1.66. The molecule has 1 fully saturated rings. The summed E-state index contributed by atoms with van der Waals surface area (Å²) in [6, 6.07) is 5.79. The zero-order valence-electron chi connectivity index (χ0n) is 13.0. The van der Waals surface area contributed by atoms with Gasteiger partial charge in [-0.2, -0.15) is 9.78 Å². The lowest BCUT2D eigenvalue weighted by atomic mass is 10.1. The van der Waals surface area contributed by atoms with Gasteiger partial charge in [0.25, 0.3) is 5.91 Å². The average Bonchev–Trinajstić information content (AvgIpc) is 3.34. The number of carbonyl (C=O) groups excluding carboxylic acids is 1. The summed E-state index contributed by atoms with van der Waals surface area (Å²) in [6.45, 7) is 2.17. The molecule has 1 amide bonds. The molecule has 0 unspecified atom stereocenters. The quantitative estimate of drug-likeness (QED) is 0.906. The summed E-state index contributed by atoms with van der Waals surface area (Å²) in [5.41, 5.74) is 2.62. The molecule has 122 valence electrons. The number of nitrogens with one attached hydrogen (secondary N) is 1. The van der Waals surface area contributed by atoms with Crippen molar-refractivity contribution < 1.29 is 9.53 Å². The van der Waals surface area contributed by atoms with Gasteiger partial charge in [0.15, 0.2) is 12.4 Å². The second kappa shape index (κ2) is 5.07. The molecule has 7 nitrogen and oxygen atoms in total. The van der Waals surface area contributed by atoms with Gasteiger partial charge in [-0.3, -0.25) is 4.79 Å². The van der Waals surface area contributed by atoms with Crippen LogP contribution in [0.1, 0.15) is 37.1 Å². The molecule has 3 heterocycles. The van der Waals surface area contributed by atoms with Gasteiger partial charge in [-0.1, -0.05) is 11.8 Å². The molecule has 1 aromatic heterocycles. The van der Waals surface area contributed by atoms with Gasteiger partial charge in [-0.25, -0.2) is 0 Å². The van der Waals surface area contributed by atoms with Crippen LogP contribution in [0.3, 0.4) is 0 Å². The van der Waals surface area contributed by atoms with Crippen LogP contribution < -0.4 is 10.1 Å². The maximum absolute atomic E-state index is 11.5. The molecule has 0 bridgehead atoms. The second-order valence-corrected chi connectivity index (χ2v) is 7.53. The molecule has 1 N–H and O–H groups in total. The number of nitrogens with zero attached hydrogens (tertiary/aromatic N) is 4. The third-order valence-electron chi connectivity index (χ3n) is 4.36. The summed E-state index contributed by atoms with van der Waals surface area (Å²) in [5, 5.41) is 17.3. The van der Waals surface area contributed by atoms with E-state index >= 15 is 0 Å². The van der Waals surface area contributed by atoms with Crippen molar-refractivity contribution in [3.63, 3.8) is 0 Å². The maximum atomic E-state index is 11.5. The highest BCUT2D eigenvalue weighted by molar-refractivity contribution is 8.00. The van der Waals surface area contributed by atoms with E-state index < -0.39 is 0 Å². The number of hydrogen-bond donors (Lipinski definition) is 1. The summed E-state index contributed by atoms with van der Waals surface area (Å²) < 4.78 is 7.31. The first-order chi connectivity index (χ1) is 11.7. The Morgan fingerprint density at radius 1 is 1.33 bits per heavy atom. The molecule has 5 rings (SSSR count). The van der Waals surface area contributed by atoms with Crippen molar-refractivity contribution in [2.24, 2.45) is 5.10 Å². The minimum Gasteiger partial charge on any atom is -0.482 e.